The smallest absolute Gasteiger partial charge is 0.127 e. The van der Waals surface area contributed by atoms with E-state index < -0.39 is 5.82 Å². The molecule has 1 heterocycles. The summed E-state index contributed by atoms with van der Waals surface area (Å²) in [4.78, 5) is -0.189. The molecule has 1 fully saturated rings. The fraction of sp³-hybridized carbons (Fsp3) is 0.538. The highest BCUT2D eigenvalue weighted by atomic mass is 79.9. The summed E-state index contributed by atoms with van der Waals surface area (Å²) in [6.45, 7) is 2.74. The van der Waals surface area contributed by atoms with Crippen molar-refractivity contribution in [3.63, 3.8) is 0 Å². The Bertz CT molecular complexity index is 397. The van der Waals surface area contributed by atoms with Crippen molar-refractivity contribution in [3.05, 3.63) is 35.4 Å². The molecule has 0 N–H and O–H groups in total. The lowest BCUT2D eigenvalue weighted by molar-refractivity contribution is 0.0871. The minimum absolute atomic E-state index is 0.127. The van der Waals surface area contributed by atoms with Crippen LogP contribution in [0, 0.1) is 17.6 Å². The van der Waals surface area contributed by atoms with Crippen LogP contribution in [-0.2, 0) is 4.74 Å². The lowest BCUT2D eigenvalue weighted by Gasteiger charge is -2.23. The van der Waals surface area contributed by atoms with Gasteiger partial charge >= 0.3 is 0 Å². The number of rotatable bonds is 3. The van der Waals surface area contributed by atoms with E-state index in [1.807, 2.05) is 6.92 Å². The van der Waals surface area contributed by atoms with Gasteiger partial charge in [0.15, 0.2) is 0 Å². The van der Waals surface area contributed by atoms with Gasteiger partial charge in [0.1, 0.15) is 11.6 Å². The van der Waals surface area contributed by atoms with Crippen molar-refractivity contribution in [3.8, 4) is 0 Å². The van der Waals surface area contributed by atoms with Crippen LogP contribution < -0.4 is 0 Å². The van der Waals surface area contributed by atoms with Crippen LogP contribution in [0.2, 0.25) is 0 Å². The number of alkyl halides is 1. The quantitative estimate of drug-likeness (QED) is 0.760. The van der Waals surface area contributed by atoms with Crippen LogP contribution in [0.25, 0.3) is 0 Å². The van der Waals surface area contributed by atoms with Gasteiger partial charge in [-0.2, -0.15) is 0 Å². The Morgan fingerprint density at radius 1 is 1.47 bits per heavy atom. The van der Waals surface area contributed by atoms with E-state index in [0.29, 0.717) is 12.2 Å². The first-order valence-electron chi connectivity index (χ1n) is 5.84. The molecule has 1 nitrogen and oxygen atoms in total. The predicted molar refractivity (Wildman–Crippen MR) is 66.2 cm³/mol. The number of benzene rings is 1. The molecule has 94 valence electrons. The first-order chi connectivity index (χ1) is 8.13. The van der Waals surface area contributed by atoms with Crippen LogP contribution in [0.5, 0.6) is 0 Å². The number of halogens is 3. The molecule has 0 saturated carbocycles. The zero-order valence-electron chi connectivity index (χ0n) is 9.63. The summed E-state index contributed by atoms with van der Waals surface area (Å²) in [6, 6.07) is 3.58. The van der Waals surface area contributed by atoms with E-state index in [1.54, 1.807) is 0 Å². The Labute approximate surface area is 108 Å². The molecule has 0 aromatic heterocycles. The maximum absolute atomic E-state index is 13.7. The molecule has 3 atom stereocenters. The third-order valence-electron chi connectivity index (χ3n) is 3.29. The van der Waals surface area contributed by atoms with Crippen LogP contribution >= 0.6 is 15.9 Å². The molecule has 1 aliphatic heterocycles. The highest BCUT2D eigenvalue weighted by Crippen LogP contribution is 2.41. The summed E-state index contributed by atoms with van der Waals surface area (Å²) >= 11 is 3.49. The van der Waals surface area contributed by atoms with Crippen molar-refractivity contribution < 1.29 is 13.5 Å². The first kappa shape index (κ1) is 13.0. The highest BCUT2D eigenvalue weighted by Gasteiger charge is 2.34. The van der Waals surface area contributed by atoms with Gasteiger partial charge in [0.2, 0.25) is 0 Å². The van der Waals surface area contributed by atoms with E-state index >= 15 is 0 Å². The molecule has 0 radical (unpaired) electrons. The second-order valence-corrected chi connectivity index (χ2v) is 5.32. The lowest BCUT2D eigenvalue weighted by Crippen LogP contribution is -2.19. The van der Waals surface area contributed by atoms with Crippen molar-refractivity contribution in [2.24, 2.45) is 5.92 Å². The van der Waals surface area contributed by atoms with Gasteiger partial charge in [-0.05, 0) is 31.0 Å². The molecule has 0 bridgehead atoms. The minimum atomic E-state index is -0.405. The highest BCUT2D eigenvalue weighted by molar-refractivity contribution is 9.09. The second kappa shape index (κ2) is 5.44. The van der Waals surface area contributed by atoms with Crippen molar-refractivity contribution in [1.82, 2.24) is 0 Å². The van der Waals surface area contributed by atoms with Crippen LogP contribution in [0.15, 0.2) is 18.2 Å². The van der Waals surface area contributed by atoms with Gasteiger partial charge in [0.25, 0.3) is 0 Å². The SMILES string of the molecule is CCC1OCCC1C(Br)c1cc(F)ccc1F. The molecule has 0 spiro atoms. The molecular formula is C13H15BrF2O. The van der Waals surface area contributed by atoms with E-state index in [9.17, 15) is 8.78 Å². The minimum Gasteiger partial charge on any atom is -0.378 e. The average Bonchev–Trinajstić information content (AvgIpc) is 2.79. The summed E-state index contributed by atoms with van der Waals surface area (Å²) in [5, 5.41) is 0. The summed E-state index contributed by atoms with van der Waals surface area (Å²) in [5.74, 6) is -0.566. The third-order valence-corrected chi connectivity index (χ3v) is 4.47. The topological polar surface area (TPSA) is 9.23 Å². The molecule has 1 aliphatic rings. The molecule has 2 rings (SSSR count). The molecule has 1 saturated heterocycles. The monoisotopic (exact) mass is 304 g/mol. The average molecular weight is 305 g/mol. The molecular weight excluding hydrogens is 290 g/mol. The summed E-state index contributed by atoms with van der Waals surface area (Å²) < 4.78 is 32.4. The molecule has 1 aromatic rings. The van der Waals surface area contributed by atoms with Gasteiger partial charge in [0.05, 0.1) is 6.10 Å². The Hall–Kier alpha value is -0.480. The molecule has 0 aliphatic carbocycles. The Morgan fingerprint density at radius 3 is 2.94 bits per heavy atom. The summed E-state index contributed by atoms with van der Waals surface area (Å²) in [6.07, 6.45) is 1.90. The Balaban J connectivity index is 2.24. The van der Waals surface area contributed by atoms with Crippen LogP contribution in [0.4, 0.5) is 8.78 Å². The van der Waals surface area contributed by atoms with E-state index in [2.05, 4.69) is 15.9 Å². The van der Waals surface area contributed by atoms with E-state index in [-0.39, 0.29) is 22.7 Å². The van der Waals surface area contributed by atoms with Gasteiger partial charge in [-0.25, -0.2) is 8.78 Å². The summed E-state index contributed by atoms with van der Waals surface area (Å²) in [7, 11) is 0. The summed E-state index contributed by atoms with van der Waals surface area (Å²) in [5.41, 5.74) is 0.388. The number of hydrogen-bond acceptors (Lipinski definition) is 1. The van der Waals surface area contributed by atoms with Gasteiger partial charge < -0.3 is 4.74 Å². The molecule has 4 heteroatoms. The van der Waals surface area contributed by atoms with Gasteiger partial charge in [0, 0.05) is 22.9 Å². The van der Waals surface area contributed by atoms with E-state index in [0.717, 1.165) is 18.9 Å². The fourth-order valence-electron chi connectivity index (χ4n) is 2.38. The van der Waals surface area contributed by atoms with Crippen molar-refractivity contribution >= 4 is 15.9 Å². The van der Waals surface area contributed by atoms with E-state index in [1.165, 1.54) is 12.1 Å². The van der Waals surface area contributed by atoms with Crippen LogP contribution in [0.1, 0.15) is 30.2 Å². The van der Waals surface area contributed by atoms with Gasteiger partial charge in [-0.1, -0.05) is 22.9 Å². The second-order valence-electron chi connectivity index (χ2n) is 4.34. The zero-order valence-corrected chi connectivity index (χ0v) is 11.2. The number of hydrogen-bond donors (Lipinski definition) is 0. The van der Waals surface area contributed by atoms with Crippen LogP contribution in [-0.4, -0.2) is 12.7 Å². The number of ether oxygens (including phenoxy) is 1. The standard InChI is InChI=1S/C13H15BrF2O/c1-2-12-9(5-6-17-12)13(14)10-7-8(15)3-4-11(10)16/h3-4,7,9,12-13H,2,5-6H2,1H3. The maximum atomic E-state index is 13.7. The van der Waals surface area contributed by atoms with Gasteiger partial charge in [-0.3, -0.25) is 0 Å². The van der Waals surface area contributed by atoms with Crippen LogP contribution in [0.3, 0.4) is 0 Å². The third kappa shape index (κ3) is 2.68. The predicted octanol–water partition coefficient (Wildman–Crippen LogP) is 4.22. The van der Waals surface area contributed by atoms with Gasteiger partial charge in [-0.15, -0.1) is 0 Å². The zero-order chi connectivity index (χ0) is 12.4. The normalized spacial score (nSPS) is 26.1. The first-order valence-corrected chi connectivity index (χ1v) is 6.75. The van der Waals surface area contributed by atoms with Crippen molar-refractivity contribution in [2.45, 2.75) is 30.7 Å². The molecule has 17 heavy (non-hydrogen) atoms. The van der Waals surface area contributed by atoms with E-state index in [4.69, 9.17) is 4.74 Å². The largest absolute Gasteiger partial charge is 0.378 e. The lowest BCUT2D eigenvalue weighted by atomic mass is 9.91. The maximum Gasteiger partial charge on any atom is 0.127 e. The molecule has 1 aromatic carbocycles. The Kier molecular flexibility index (Phi) is 4.15. The molecule has 0 amide bonds. The van der Waals surface area contributed by atoms with Crippen molar-refractivity contribution in [2.75, 3.05) is 6.61 Å². The Morgan fingerprint density at radius 2 is 2.24 bits per heavy atom. The molecule has 3 unspecified atom stereocenters. The van der Waals surface area contributed by atoms with Crippen molar-refractivity contribution in [1.29, 1.82) is 0 Å². The fourth-order valence-corrected chi connectivity index (χ4v) is 3.33.